The molecule has 1 aromatic rings. The van der Waals surface area contributed by atoms with Crippen LogP contribution in [0.2, 0.25) is 0 Å². The Morgan fingerprint density at radius 1 is 1.29 bits per heavy atom. The van der Waals surface area contributed by atoms with Gasteiger partial charge >= 0.3 is 0 Å². The first kappa shape index (κ1) is 10.9. The maximum absolute atomic E-state index is 6.01. The minimum Gasteiger partial charge on any atom is -0.493 e. The predicted octanol–water partition coefficient (Wildman–Crippen LogP) is 2.03. The monoisotopic (exact) mass is 232 g/mol. The summed E-state index contributed by atoms with van der Waals surface area (Å²) in [7, 11) is 0. The average molecular weight is 232 g/mol. The van der Waals surface area contributed by atoms with Gasteiger partial charge in [-0.25, -0.2) is 0 Å². The molecule has 2 aliphatic rings. The Balaban J connectivity index is 1.69. The molecule has 1 unspecified atom stereocenters. The summed E-state index contributed by atoms with van der Waals surface area (Å²) in [5.74, 6) is 1.77. The van der Waals surface area contributed by atoms with Gasteiger partial charge < -0.3 is 15.4 Å². The fraction of sp³-hybridized carbons (Fsp3) is 0.571. The van der Waals surface area contributed by atoms with Crippen LogP contribution in [0.15, 0.2) is 18.2 Å². The lowest BCUT2D eigenvalue weighted by Crippen LogP contribution is -2.17. The molecule has 1 atom stereocenters. The minimum atomic E-state index is 0.683. The van der Waals surface area contributed by atoms with Crippen molar-refractivity contribution in [1.29, 1.82) is 0 Å². The van der Waals surface area contributed by atoms with Gasteiger partial charge in [-0.1, -0.05) is 6.07 Å². The van der Waals surface area contributed by atoms with Crippen LogP contribution < -0.4 is 15.4 Å². The fourth-order valence-electron chi connectivity index (χ4n) is 2.68. The van der Waals surface area contributed by atoms with E-state index in [1.165, 1.54) is 24.1 Å². The van der Waals surface area contributed by atoms with E-state index in [-0.39, 0.29) is 0 Å². The van der Waals surface area contributed by atoms with E-state index in [0.29, 0.717) is 5.92 Å². The Morgan fingerprint density at radius 2 is 2.29 bits per heavy atom. The molecule has 3 heteroatoms. The van der Waals surface area contributed by atoms with E-state index in [4.69, 9.17) is 4.74 Å². The predicted molar refractivity (Wildman–Crippen MR) is 69.7 cm³/mol. The van der Waals surface area contributed by atoms with Gasteiger partial charge in [0.2, 0.25) is 0 Å². The number of nitrogens with one attached hydrogen (secondary N) is 2. The van der Waals surface area contributed by atoms with E-state index in [2.05, 4.69) is 28.8 Å². The number of fused-ring (bicyclic) bond motifs is 1. The second kappa shape index (κ2) is 4.96. The van der Waals surface area contributed by atoms with Gasteiger partial charge in [-0.15, -0.1) is 0 Å². The average Bonchev–Trinajstić information content (AvgIpc) is 2.89. The van der Waals surface area contributed by atoms with Crippen molar-refractivity contribution in [2.24, 2.45) is 5.92 Å². The fourth-order valence-corrected chi connectivity index (χ4v) is 2.68. The van der Waals surface area contributed by atoms with Crippen molar-refractivity contribution in [3.05, 3.63) is 23.8 Å². The maximum Gasteiger partial charge on any atom is 0.124 e. The highest BCUT2D eigenvalue weighted by atomic mass is 16.5. The molecule has 2 aliphatic heterocycles. The smallest absolute Gasteiger partial charge is 0.124 e. The molecule has 0 spiro atoms. The number of benzene rings is 1. The van der Waals surface area contributed by atoms with Gasteiger partial charge in [-0.3, -0.25) is 0 Å². The van der Waals surface area contributed by atoms with Crippen LogP contribution in [0.3, 0.4) is 0 Å². The highest BCUT2D eigenvalue weighted by Crippen LogP contribution is 2.31. The van der Waals surface area contributed by atoms with Crippen LogP contribution >= 0.6 is 0 Å². The Bertz CT molecular complexity index is 386. The maximum atomic E-state index is 6.01. The number of ether oxygens (including phenoxy) is 1. The van der Waals surface area contributed by atoms with E-state index in [1.54, 1.807) is 0 Å². The van der Waals surface area contributed by atoms with E-state index in [9.17, 15) is 0 Å². The lowest BCUT2D eigenvalue weighted by Gasteiger charge is -2.21. The van der Waals surface area contributed by atoms with E-state index in [1.807, 2.05) is 0 Å². The van der Waals surface area contributed by atoms with Crippen molar-refractivity contribution in [3.63, 3.8) is 0 Å². The molecule has 2 N–H and O–H groups in total. The molecule has 0 bridgehead atoms. The van der Waals surface area contributed by atoms with Crippen LogP contribution in [0, 0.1) is 5.92 Å². The SMILES string of the molecule is c1cc2c(c(OCC3CCNC3)c1)CCCN2. The molecule has 92 valence electrons. The molecule has 0 aliphatic carbocycles. The largest absolute Gasteiger partial charge is 0.493 e. The van der Waals surface area contributed by atoms with Crippen molar-refractivity contribution in [2.45, 2.75) is 19.3 Å². The van der Waals surface area contributed by atoms with Crippen molar-refractivity contribution < 1.29 is 4.74 Å². The Kier molecular flexibility index (Phi) is 3.18. The second-order valence-electron chi connectivity index (χ2n) is 4.98. The number of rotatable bonds is 3. The number of anilines is 1. The molecule has 0 saturated carbocycles. The van der Waals surface area contributed by atoms with Gasteiger partial charge in [0, 0.05) is 30.3 Å². The quantitative estimate of drug-likeness (QED) is 0.836. The summed E-state index contributed by atoms with van der Waals surface area (Å²) < 4.78 is 6.01. The van der Waals surface area contributed by atoms with Crippen LogP contribution in [0.25, 0.3) is 0 Å². The molecular formula is C14H20N2O. The van der Waals surface area contributed by atoms with E-state index in [0.717, 1.165) is 38.4 Å². The summed E-state index contributed by atoms with van der Waals surface area (Å²) in [6.07, 6.45) is 3.59. The molecule has 1 saturated heterocycles. The minimum absolute atomic E-state index is 0.683. The zero-order chi connectivity index (χ0) is 11.5. The molecule has 0 aromatic heterocycles. The van der Waals surface area contributed by atoms with Crippen LogP contribution in [-0.4, -0.2) is 26.2 Å². The second-order valence-corrected chi connectivity index (χ2v) is 4.98. The van der Waals surface area contributed by atoms with Crippen molar-refractivity contribution in [1.82, 2.24) is 5.32 Å². The van der Waals surface area contributed by atoms with Gasteiger partial charge in [0.1, 0.15) is 5.75 Å². The van der Waals surface area contributed by atoms with Gasteiger partial charge in [0.05, 0.1) is 6.61 Å². The molecular weight excluding hydrogens is 212 g/mol. The molecule has 17 heavy (non-hydrogen) atoms. The van der Waals surface area contributed by atoms with Gasteiger partial charge in [0.15, 0.2) is 0 Å². The standard InChI is InChI=1S/C14H20N2O/c1-4-13-12(3-2-7-16-13)14(5-1)17-10-11-6-8-15-9-11/h1,4-5,11,15-16H,2-3,6-10H2. The molecule has 2 heterocycles. The molecule has 0 radical (unpaired) electrons. The first-order valence-electron chi connectivity index (χ1n) is 6.63. The zero-order valence-corrected chi connectivity index (χ0v) is 10.2. The third-order valence-corrected chi connectivity index (χ3v) is 3.69. The summed E-state index contributed by atoms with van der Waals surface area (Å²) in [4.78, 5) is 0. The van der Waals surface area contributed by atoms with Crippen molar-refractivity contribution in [2.75, 3.05) is 31.6 Å². The van der Waals surface area contributed by atoms with Crippen LogP contribution in [0.1, 0.15) is 18.4 Å². The van der Waals surface area contributed by atoms with Crippen LogP contribution in [-0.2, 0) is 6.42 Å². The topological polar surface area (TPSA) is 33.3 Å². The Labute approximate surface area is 103 Å². The Morgan fingerprint density at radius 3 is 3.18 bits per heavy atom. The summed E-state index contributed by atoms with van der Waals surface area (Å²) in [5.41, 5.74) is 2.63. The van der Waals surface area contributed by atoms with E-state index < -0.39 is 0 Å². The molecule has 3 nitrogen and oxygen atoms in total. The normalized spacial score (nSPS) is 22.9. The third kappa shape index (κ3) is 2.39. The van der Waals surface area contributed by atoms with E-state index >= 15 is 0 Å². The van der Waals surface area contributed by atoms with Gasteiger partial charge in [-0.2, -0.15) is 0 Å². The summed E-state index contributed by atoms with van der Waals surface area (Å²) in [5, 5.41) is 6.82. The van der Waals surface area contributed by atoms with Crippen molar-refractivity contribution >= 4 is 5.69 Å². The first-order valence-corrected chi connectivity index (χ1v) is 6.63. The molecule has 1 fully saturated rings. The number of hydrogen-bond donors (Lipinski definition) is 2. The molecule has 0 amide bonds. The Hall–Kier alpha value is -1.22. The summed E-state index contributed by atoms with van der Waals surface area (Å²) in [6, 6.07) is 6.34. The van der Waals surface area contributed by atoms with Crippen molar-refractivity contribution in [3.8, 4) is 5.75 Å². The molecule has 3 rings (SSSR count). The lowest BCUT2D eigenvalue weighted by molar-refractivity contribution is 0.257. The molecule has 1 aromatic carbocycles. The third-order valence-electron chi connectivity index (χ3n) is 3.69. The number of hydrogen-bond acceptors (Lipinski definition) is 3. The summed E-state index contributed by atoms with van der Waals surface area (Å²) >= 11 is 0. The first-order chi connectivity index (χ1) is 8.43. The lowest BCUT2D eigenvalue weighted by atomic mass is 10.0. The van der Waals surface area contributed by atoms with Crippen LogP contribution in [0.4, 0.5) is 5.69 Å². The van der Waals surface area contributed by atoms with Gasteiger partial charge in [-0.05, 0) is 37.9 Å². The zero-order valence-electron chi connectivity index (χ0n) is 10.2. The summed E-state index contributed by atoms with van der Waals surface area (Å²) in [6.45, 7) is 4.18. The van der Waals surface area contributed by atoms with Gasteiger partial charge in [0.25, 0.3) is 0 Å². The van der Waals surface area contributed by atoms with Crippen LogP contribution in [0.5, 0.6) is 5.75 Å². The highest BCUT2D eigenvalue weighted by Gasteiger charge is 2.17. The highest BCUT2D eigenvalue weighted by molar-refractivity contribution is 5.59.